The summed E-state index contributed by atoms with van der Waals surface area (Å²) in [7, 11) is 0. The highest BCUT2D eigenvalue weighted by molar-refractivity contribution is 5.80. The van der Waals surface area contributed by atoms with Crippen LogP contribution in [0.25, 0.3) is 0 Å². The number of carbonyl (C=O) groups is 3. The zero-order valence-electron chi connectivity index (χ0n) is 27.4. The van der Waals surface area contributed by atoms with Crippen molar-refractivity contribution in [3.05, 3.63) is 47.0 Å². The molecule has 4 aliphatic carbocycles. The predicted octanol–water partition coefficient (Wildman–Crippen LogP) is 8.28. The van der Waals surface area contributed by atoms with Crippen LogP contribution in [0.1, 0.15) is 107 Å². The number of rotatable bonds is 5. The Labute approximate surface area is 257 Å². The first-order valence-corrected chi connectivity index (χ1v) is 15.9. The second-order valence-electron chi connectivity index (χ2n) is 14.3. The summed E-state index contributed by atoms with van der Waals surface area (Å²) >= 11 is 0. The van der Waals surface area contributed by atoms with Gasteiger partial charge in [-0.3, -0.25) is 4.79 Å². The van der Waals surface area contributed by atoms with Crippen LogP contribution >= 0.6 is 0 Å². The maximum atomic E-state index is 12.6. The number of hydrogen-bond acceptors (Lipinski definition) is 7. The van der Waals surface area contributed by atoms with Gasteiger partial charge in [0.15, 0.2) is 11.5 Å². The van der Waals surface area contributed by atoms with Crippen LogP contribution in [0.3, 0.4) is 0 Å². The third kappa shape index (κ3) is 5.78. The zero-order valence-corrected chi connectivity index (χ0v) is 27.4. The highest BCUT2D eigenvalue weighted by atomic mass is 16.7. The molecule has 6 atom stereocenters. The first-order valence-electron chi connectivity index (χ1n) is 15.9. The Morgan fingerprint density at radius 3 is 2.12 bits per heavy atom. The number of amides is 1. The van der Waals surface area contributed by atoms with Crippen molar-refractivity contribution in [3.8, 4) is 0 Å². The molecule has 3 fully saturated rings. The second-order valence-corrected chi connectivity index (χ2v) is 14.3. The van der Waals surface area contributed by atoms with Crippen LogP contribution in [-0.2, 0) is 23.7 Å². The maximum absolute atomic E-state index is 12.6. The third-order valence-corrected chi connectivity index (χ3v) is 11.8. The van der Waals surface area contributed by atoms with E-state index in [2.05, 4.69) is 46.8 Å². The van der Waals surface area contributed by atoms with Crippen molar-refractivity contribution in [2.75, 3.05) is 13.2 Å². The molecule has 4 rings (SSSR count). The summed E-state index contributed by atoms with van der Waals surface area (Å²) in [5, 5.41) is 0. The van der Waals surface area contributed by atoms with Crippen LogP contribution < -0.4 is 5.73 Å². The van der Waals surface area contributed by atoms with E-state index in [0.717, 1.165) is 44.9 Å². The molecule has 0 spiro atoms. The molecule has 0 aromatic carbocycles. The highest BCUT2D eigenvalue weighted by Crippen LogP contribution is 2.74. The predicted molar refractivity (Wildman–Crippen MR) is 164 cm³/mol. The molecule has 43 heavy (non-hydrogen) atoms. The summed E-state index contributed by atoms with van der Waals surface area (Å²) in [6.07, 6.45) is 13.7. The minimum absolute atomic E-state index is 0.0303. The van der Waals surface area contributed by atoms with E-state index in [1.165, 1.54) is 5.57 Å². The zero-order chi connectivity index (χ0) is 31.8. The quantitative estimate of drug-likeness (QED) is 0.250. The van der Waals surface area contributed by atoms with Crippen LogP contribution in [-0.4, -0.2) is 31.4 Å². The number of fused-ring (bicyclic) bond motifs is 5. The first-order chi connectivity index (χ1) is 20.1. The second kappa shape index (κ2) is 11.8. The standard InChI is InChI=1S/C35H51NO7/c1-9-40-29(38)42-24-14-15-31(4)18-21-35(8)26-22-33(6,28(36)37)17-16-32(26,5)19-20-34(35,7)25(31)13-11-12-23(3)27(24)43-30(39)41-10-2/h12-15,26H,9-11,16-22H2,1-8H3,(H2,36,37)/b15-14+,23-12+,25-13+,27-24+/t26-,31-,32-,33-,34-,35+/m1/s1. The Bertz CT molecular complexity index is 1280. The monoisotopic (exact) mass is 597 g/mol. The molecule has 4 aliphatic rings. The lowest BCUT2D eigenvalue weighted by Crippen LogP contribution is -2.61. The fraction of sp³-hybridized carbons (Fsp3) is 0.686. The molecular formula is C35H51NO7. The van der Waals surface area contributed by atoms with Gasteiger partial charge in [0.1, 0.15) is 0 Å². The third-order valence-electron chi connectivity index (χ3n) is 11.8. The molecule has 238 valence electrons. The minimum Gasteiger partial charge on any atom is -0.434 e. The molecule has 1 amide bonds. The number of primary amides is 1. The molecule has 0 radical (unpaired) electrons. The van der Waals surface area contributed by atoms with Crippen LogP contribution in [0.2, 0.25) is 0 Å². The van der Waals surface area contributed by atoms with Gasteiger partial charge in [-0.25, -0.2) is 9.59 Å². The van der Waals surface area contributed by atoms with Gasteiger partial charge in [0.05, 0.1) is 13.2 Å². The lowest BCUT2D eigenvalue weighted by atomic mass is 9.35. The van der Waals surface area contributed by atoms with Crippen LogP contribution in [0.4, 0.5) is 9.59 Å². The molecular weight excluding hydrogens is 546 g/mol. The van der Waals surface area contributed by atoms with E-state index in [0.29, 0.717) is 17.9 Å². The molecule has 0 aliphatic heterocycles. The molecule has 8 heteroatoms. The first kappa shape index (κ1) is 32.9. The van der Waals surface area contributed by atoms with Gasteiger partial charge in [-0.15, -0.1) is 0 Å². The minimum atomic E-state index is -0.873. The van der Waals surface area contributed by atoms with Gasteiger partial charge >= 0.3 is 12.3 Å². The molecule has 8 nitrogen and oxygen atoms in total. The van der Waals surface area contributed by atoms with Gasteiger partial charge in [-0.1, -0.05) is 58.4 Å². The fourth-order valence-electron chi connectivity index (χ4n) is 8.72. The summed E-state index contributed by atoms with van der Waals surface area (Å²) in [6, 6.07) is 0. The lowest BCUT2D eigenvalue weighted by molar-refractivity contribution is -0.167. The molecule has 0 aromatic heterocycles. The molecule has 0 heterocycles. The maximum Gasteiger partial charge on any atom is 0.513 e. The van der Waals surface area contributed by atoms with Crippen LogP contribution in [0.5, 0.6) is 0 Å². The van der Waals surface area contributed by atoms with Gasteiger partial charge in [0, 0.05) is 10.8 Å². The van der Waals surface area contributed by atoms with E-state index < -0.39 is 17.7 Å². The summed E-state index contributed by atoms with van der Waals surface area (Å²) in [5.41, 5.74) is 7.18. The van der Waals surface area contributed by atoms with Gasteiger partial charge in [0.25, 0.3) is 0 Å². The topological polar surface area (TPSA) is 114 Å². The molecule has 0 saturated heterocycles. The van der Waals surface area contributed by atoms with Gasteiger partial charge in [0.2, 0.25) is 5.91 Å². The van der Waals surface area contributed by atoms with E-state index >= 15 is 0 Å². The van der Waals surface area contributed by atoms with Gasteiger partial charge in [-0.2, -0.15) is 0 Å². The van der Waals surface area contributed by atoms with Gasteiger partial charge in [-0.05, 0) is 106 Å². The average molecular weight is 598 g/mol. The number of ether oxygens (including phenoxy) is 4. The van der Waals surface area contributed by atoms with Crippen molar-refractivity contribution in [2.24, 2.45) is 38.7 Å². The summed E-state index contributed by atoms with van der Waals surface area (Å²) < 4.78 is 21.3. The Morgan fingerprint density at radius 2 is 1.49 bits per heavy atom. The van der Waals surface area contributed by atoms with Crippen molar-refractivity contribution in [2.45, 2.75) is 107 Å². The van der Waals surface area contributed by atoms with E-state index in [4.69, 9.17) is 24.7 Å². The Kier molecular flexibility index (Phi) is 9.03. The highest BCUT2D eigenvalue weighted by Gasteiger charge is 2.66. The van der Waals surface area contributed by atoms with E-state index in [-0.39, 0.29) is 52.3 Å². The summed E-state index contributed by atoms with van der Waals surface area (Å²) in [5.74, 6) is 0.395. The molecule has 0 bridgehead atoms. The van der Waals surface area contributed by atoms with E-state index in [1.807, 2.05) is 13.0 Å². The van der Waals surface area contributed by atoms with Crippen LogP contribution in [0, 0.1) is 33.0 Å². The fourth-order valence-corrected chi connectivity index (χ4v) is 8.72. The number of allylic oxidation sites excluding steroid dienone is 6. The molecule has 2 N–H and O–H groups in total. The normalized spacial score (nSPS) is 42.3. The van der Waals surface area contributed by atoms with E-state index in [9.17, 15) is 14.4 Å². The van der Waals surface area contributed by atoms with E-state index in [1.54, 1.807) is 19.9 Å². The molecule has 0 aromatic rings. The van der Waals surface area contributed by atoms with Crippen molar-refractivity contribution in [1.29, 1.82) is 0 Å². The van der Waals surface area contributed by atoms with Crippen molar-refractivity contribution < 1.29 is 33.3 Å². The van der Waals surface area contributed by atoms with Crippen molar-refractivity contribution >= 4 is 18.2 Å². The Morgan fingerprint density at radius 1 is 0.860 bits per heavy atom. The Hall–Kier alpha value is -3.03. The molecule has 3 saturated carbocycles. The van der Waals surface area contributed by atoms with Gasteiger partial charge < -0.3 is 24.7 Å². The summed E-state index contributed by atoms with van der Waals surface area (Å²) in [4.78, 5) is 37.5. The molecule has 0 unspecified atom stereocenters. The largest absolute Gasteiger partial charge is 0.513 e. The SMILES string of the molecule is CCOC(=O)OC1=C(OC(=O)OCC)\C(C)=C\C/C=C2\[C@](C)(\C=C\1)CC[C@@]1(C)[C@@H]3C[C@](C)(C(N)=O)CC[C@]3(C)CC[C@]21C. The number of hydrogen-bond donors (Lipinski definition) is 1. The van der Waals surface area contributed by atoms with Crippen LogP contribution in [0.15, 0.2) is 47.0 Å². The van der Waals surface area contributed by atoms with Crippen molar-refractivity contribution in [3.63, 3.8) is 0 Å². The lowest BCUT2D eigenvalue weighted by Gasteiger charge is -2.69. The number of carbonyl (C=O) groups excluding carboxylic acids is 3. The Balaban J connectivity index is 1.79. The van der Waals surface area contributed by atoms with Crippen molar-refractivity contribution in [1.82, 2.24) is 0 Å². The smallest absolute Gasteiger partial charge is 0.434 e. The average Bonchev–Trinajstić information content (AvgIpc) is 2.94. The summed E-state index contributed by atoms with van der Waals surface area (Å²) in [6.45, 7) is 17.1. The number of nitrogens with two attached hydrogens (primary N) is 1.